The van der Waals surface area contributed by atoms with Gasteiger partial charge in [0, 0.05) is 5.69 Å². The lowest BCUT2D eigenvalue weighted by molar-refractivity contribution is 0.0691. The maximum atomic E-state index is 10.6. The number of carbonyl (C=O) groups is 1. The highest BCUT2D eigenvalue weighted by molar-refractivity contribution is 6.34. The highest BCUT2D eigenvalue weighted by atomic mass is 35.5. The fourth-order valence-corrected chi connectivity index (χ4v) is 1.96. The number of halogens is 1. The number of fused-ring (bicyclic) bond motifs is 1. The molecule has 4 heteroatoms. The molecule has 2 rings (SSSR count). The molecular formula is C8H8ClNO2. The van der Waals surface area contributed by atoms with Crippen molar-refractivity contribution in [1.82, 2.24) is 4.98 Å². The third kappa shape index (κ3) is 0.932. The molecule has 64 valence electrons. The van der Waals surface area contributed by atoms with E-state index in [-0.39, 0.29) is 5.69 Å². The number of hydrogen-bond donors (Lipinski definition) is 2. The van der Waals surface area contributed by atoms with E-state index >= 15 is 0 Å². The Kier molecular flexibility index (Phi) is 1.61. The number of aromatic carboxylic acids is 1. The van der Waals surface area contributed by atoms with Gasteiger partial charge in [0.1, 0.15) is 5.69 Å². The number of hydrogen-bond acceptors (Lipinski definition) is 1. The van der Waals surface area contributed by atoms with Crippen molar-refractivity contribution in [3.8, 4) is 0 Å². The molecular weight excluding hydrogens is 178 g/mol. The Morgan fingerprint density at radius 3 is 2.83 bits per heavy atom. The first kappa shape index (κ1) is 7.68. The fraction of sp³-hybridized carbons (Fsp3) is 0.375. The van der Waals surface area contributed by atoms with Crippen LogP contribution in [0.5, 0.6) is 0 Å². The van der Waals surface area contributed by atoms with Crippen molar-refractivity contribution in [2.45, 2.75) is 19.3 Å². The third-order valence-electron chi connectivity index (χ3n) is 2.19. The van der Waals surface area contributed by atoms with E-state index in [0.717, 1.165) is 30.5 Å². The summed E-state index contributed by atoms with van der Waals surface area (Å²) in [6.07, 6.45) is 2.89. The smallest absolute Gasteiger partial charge is 0.353 e. The van der Waals surface area contributed by atoms with Gasteiger partial charge in [-0.1, -0.05) is 11.6 Å². The van der Waals surface area contributed by atoms with Gasteiger partial charge in [0.2, 0.25) is 0 Å². The summed E-state index contributed by atoms with van der Waals surface area (Å²) < 4.78 is 0. The van der Waals surface area contributed by atoms with Gasteiger partial charge in [-0.05, 0) is 24.8 Å². The van der Waals surface area contributed by atoms with E-state index in [0.29, 0.717) is 5.02 Å². The van der Waals surface area contributed by atoms with Crippen LogP contribution in [0, 0.1) is 0 Å². The SMILES string of the molecule is O=C(O)c1[nH]c2c(c1Cl)CCC2. The third-order valence-corrected chi connectivity index (χ3v) is 2.61. The monoisotopic (exact) mass is 185 g/mol. The minimum Gasteiger partial charge on any atom is -0.477 e. The molecule has 0 radical (unpaired) electrons. The number of carboxylic acids is 1. The summed E-state index contributed by atoms with van der Waals surface area (Å²) in [6.45, 7) is 0. The van der Waals surface area contributed by atoms with Crippen LogP contribution in [0.3, 0.4) is 0 Å². The zero-order valence-corrected chi connectivity index (χ0v) is 7.11. The molecule has 1 aliphatic rings. The van der Waals surface area contributed by atoms with E-state index in [2.05, 4.69) is 4.98 Å². The van der Waals surface area contributed by atoms with Gasteiger partial charge in [0.05, 0.1) is 5.02 Å². The molecule has 0 amide bonds. The lowest BCUT2D eigenvalue weighted by Gasteiger charge is -1.91. The average Bonchev–Trinajstić information content (AvgIpc) is 2.53. The van der Waals surface area contributed by atoms with Crippen LogP contribution < -0.4 is 0 Å². The zero-order valence-electron chi connectivity index (χ0n) is 6.35. The Labute approximate surface area is 74.4 Å². The molecule has 1 heterocycles. The van der Waals surface area contributed by atoms with E-state index < -0.39 is 5.97 Å². The molecule has 2 N–H and O–H groups in total. The number of carboxylic acid groups (broad SMARTS) is 1. The molecule has 1 aromatic heterocycles. The normalized spacial score (nSPS) is 14.8. The van der Waals surface area contributed by atoms with Gasteiger partial charge in [-0.15, -0.1) is 0 Å². The van der Waals surface area contributed by atoms with Crippen LogP contribution in [0.15, 0.2) is 0 Å². The maximum absolute atomic E-state index is 10.6. The Bertz CT molecular complexity index is 343. The molecule has 12 heavy (non-hydrogen) atoms. The average molecular weight is 186 g/mol. The lowest BCUT2D eigenvalue weighted by Crippen LogP contribution is -1.98. The Morgan fingerprint density at radius 1 is 1.50 bits per heavy atom. The molecule has 0 aliphatic heterocycles. The first-order valence-electron chi connectivity index (χ1n) is 3.82. The van der Waals surface area contributed by atoms with Gasteiger partial charge >= 0.3 is 5.97 Å². The number of aromatic amines is 1. The second-order valence-corrected chi connectivity index (χ2v) is 3.31. The van der Waals surface area contributed by atoms with Crippen molar-refractivity contribution in [3.63, 3.8) is 0 Å². The summed E-state index contributed by atoms with van der Waals surface area (Å²) in [7, 11) is 0. The van der Waals surface area contributed by atoms with Crippen molar-refractivity contribution in [2.75, 3.05) is 0 Å². The first-order chi connectivity index (χ1) is 5.70. The van der Waals surface area contributed by atoms with Crippen LogP contribution in [0.25, 0.3) is 0 Å². The van der Waals surface area contributed by atoms with Crippen LogP contribution in [-0.4, -0.2) is 16.1 Å². The predicted molar refractivity (Wildman–Crippen MR) is 44.8 cm³/mol. The summed E-state index contributed by atoms with van der Waals surface area (Å²) in [5, 5.41) is 9.11. The lowest BCUT2D eigenvalue weighted by atomic mass is 10.2. The Hall–Kier alpha value is -0.960. The predicted octanol–water partition coefficient (Wildman–Crippen LogP) is 1.85. The maximum Gasteiger partial charge on any atom is 0.353 e. The van der Waals surface area contributed by atoms with Crippen molar-refractivity contribution in [3.05, 3.63) is 22.0 Å². The number of H-pyrrole nitrogens is 1. The topological polar surface area (TPSA) is 53.1 Å². The molecule has 0 fully saturated rings. The van der Waals surface area contributed by atoms with Gasteiger partial charge in [0.25, 0.3) is 0 Å². The number of rotatable bonds is 1. The van der Waals surface area contributed by atoms with Gasteiger partial charge in [0.15, 0.2) is 0 Å². The van der Waals surface area contributed by atoms with Crippen molar-refractivity contribution in [1.29, 1.82) is 0 Å². The molecule has 1 aliphatic carbocycles. The molecule has 0 bridgehead atoms. The second kappa shape index (κ2) is 2.52. The Morgan fingerprint density at radius 2 is 2.25 bits per heavy atom. The van der Waals surface area contributed by atoms with Crippen LogP contribution in [0.1, 0.15) is 28.2 Å². The minimum absolute atomic E-state index is 0.140. The molecule has 0 spiro atoms. The summed E-state index contributed by atoms with van der Waals surface area (Å²) in [5.41, 5.74) is 2.13. The van der Waals surface area contributed by atoms with E-state index in [9.17, 15) is 4.79 Å². The second-order valence-electron chi connectivity index (χ2n) is 2.93. The molecule has 0 atom stereocenters. The van der Waals surface area contributed by atoms with E-state index in [1.165, 1.54) is 0 Å². The van der Waals surface area contributed by atoms with Gasteiger partial charge in [-0.2, -0.15) is 0 Å². The summed E-state index contributed by atoms with van der Waals surface area (Å²) >= 11 is 5.85. The van der Waals surface area contributed by atoms with Crippen molar-refractivity contribution >= 4 is 17.6 Å². The van der Waals surface area contributed by atoms with Crippen molar-refractivity contribution < 1.29 is 9.90 Å². The zero-order chi connectivity index (χ0) is 8.72. The molecule has 0 saturated heterocycles. The molecule has 0 saturated carbocycles. The fourth-order valence-electron chi connectivity index (χ4n) is 1.63. The van der Waals surface area contributed by atoms with Crippen LogP contribution in [0.4, 0.5) is 0 Å². The van der Waals surface area contributed by atoms with E-state index in [1.54, 1.807) is 0 Å². The highest BCUT2D eigenvalue weighted by Gasteiger charge is 2.23. The standard InChI is InChI=1S/C8H8ClNO2/c9-6-4-2-1-3-5(4)10-7(6)8(11)12/h10H,1-3H2,(H,11,12). The Balaban J connectivity index is 2.54. The summed E-state index contributed by atoms with van der Waals surface area (Å²) in [4.78, 5) is 13.4. The molecule has 3 nitrogen and oxygen atoms in total. The van der Waals surface area contributed by atoms with E-state index in [1.807, 2.05) is 0 Å². The molecule has 0 aromatic carbocycles. The largest absolute Gasteiger partial charge is 0.477 e. The quantitative estimate of drug-likeness (QED) is 0.702. The van der Waals surface area contributed by atoms with Crippen molar-refractivity contribution in [2.24, 2.45) is 0 Å². The number of nitrogens with one attached hydrogen (secondary N) is 1. The number of aromatic nitrogens is 1. The summed E-state index contributed by atoms with van der Waals surface area (Å²) in [5.74, 6) is -0.977. The van der Waals surface area contributed by atoms with Crippen LogP contribution in [-0.2, 0) is 12.8 Å². The highest BCUT2D eigenvalue weighted by Crippen LogP contribution is 2.31. The van der Waals surface area contributed by atoms with Gasteiger partial charge in [-0.25, -0.2) is 4.79 Å². The summed E-state index contributed by atoms with van der Waals surface area (Å²) in [6, 6.07) is 0. The van der Waals surface area contributed by atoms with Crippen LogP contribution >= 0.6 is 11.6 Å². The minimum atomic E-state index is -0.977. The molecule has 0 unspecified atom stereocenters. The van der Waals surface area contributed by atoms with Gasteiger partial charge in [-0.3, -0.25) is 0 Å². The van der Waals surface area contributed by atoms with Gasteiger partial charge < -0.3 is 10.1 Å². The first-order valence-corrected chi connectivity index (χ1v) is 4.20. The van der Waals surface area contributed by atoms with E-state index in [4.69, 9.17) is 16.7 Å². The molecule has 1 aromatic rings. The van der Waals surface area contributed by atoms with Crippen LogP contribution in [0.2, 0.25) is 5.02 Å². The number of aryl methyl sites for hydroxylation is 1.